The lowest BCUT2D eigenvalue weighted by molar-refractivity contribution is -0.117. The highest BCUT2D eigenvalue weighted by atomic mass is 35.5. The fourth-order valence-electron chi connectivity index (χ4n) is 4.15. The largest absolute Gasteiger partial charge is 0.403 e. The lowest BCUT2D eigenvalue weighted by Crippen LogP contribution is -2.35. The second kappa shape index (κ2) is 9.41. The molecule has 3 aromatic carbocycles. The Labute approximate surface area is 201 Å². The maximum atomic E-state index is 12.6. The topological polar surface area (TPSA) is 71.3 Å². The first-order valence-corrected chi connectivity index (χ1v) is 11.6. The first-order valence-electron chi connectivity index (χ1n) is 10.9. The van der Waals surface area contributed by atoms with E-state index in [1.165, 1.54) is 0 Å². The van der Waals surface area contributed by atoms with Gasteiger partial charge in [0.15, 0.2) is 0 Å². The molecule has 1 aromatic heterocycles. The number of carbonyl (C=O) groups is 1. The van der Waals surface area contributed by atoms with Crippen LogP contribution in [0.1, 0.15) is 19.3 Å². The van der Waals surface area contributed by atoms with Crippen LogP contribution in [-0.4, -0.2) is 29.2 Å². The zero-order valence-electron chi connectivity index (χ0n) is 17.8. The SMILES string of the molecule is O=C(CC1CCN(c2nnc(-c3ccc(Cl)cc3)o2)CC1)Nc1ccc2cc(Cl)ccc2c1. The van der Waals surface area contributed by atoms with Gasteiger partial charge in [-0.05, 0) is 78.1 Å². The Kier molecular flexibility index (Phi) is 6.20. The number of hydrogen-bond acceptors (Lipinski definition) is 5. The number of benzene rings is 3. The zero-order chi connectivity index (χ0) is 22.8. The fourth-order valence-corrected chi connectivity index (χ4v) is 4.46. The number of aromatic nitrogens is 2. The van der Waals surface area contributed by atoms with Crippen molar-refractivity contribution in [3.63, 3.8) is 0 Å². The Hall–Kier alpha value is -3.09. The van der Waals surface area contributed by atoms with E-state index >= 15 is 0 Å². The van der Waals surface area contributed by atoms with Gasteiger partial charge in [-0.25, -0.2) is 0 Å². The normalized spacial score (nSPS) is 14.5. The van der Waals surface area contributed by atoms with Crippen LogP contribution in [0.15, 0.2) is 65.1 Å². The van der Waals surface area contributed by atoms with Gasteiger partial charge in [-0.15, -0.1) is 5.10 Å². The smallest absolute Gasteiger partial charge is 0.318 e. The minimum Gasteiger partial charge on any atom is -0.403 e. The van der Waals surface area contributed by atoms with Gasteiger partial charge in [0, 0.05) is 40.8 Å². The Bertz CT molecular complexity index is 1280. The van der Waals surface area contributed by atoms with Crippen molar-refractivity contribution >= 4 is 51.6 Å². The number of piperidine rings is 1. The van der Waals surface area contributed by atoms with Crippen molar-refractivity contribution < 1.29 is 9.21 Å². The van der Waals surface area contributed by atoms with Crippen LogP contribution in [0.25, 0.3) is 22.2 Å². The maximum absolute atomic E-state index is 12.6. The number of nitrogens with one attached hydrogen (secondary N) is 1. The molecule has 0 radical (unpaired) electrons. The molecule has 1 N–H and O–H groups in total. The highest BCUT2D eigenvalue weighted by Gasteiger charge is 2.25. The van der Waals surface area contributed by atoms with Crippen molar-refractivity contribution in [3.05, 3.63) is 70.7 Å². The predicted octanol–water partition coefficient (Wildman–Crippen LogP) is 6.44. The molecule has 0 unspecified atom stereocenters. The average molecular weight is 481 g/mol. The highest BCUT2D eigenvalue weighted by Crippen LogP contribution is 2.28. The molecule has 0 bridgehead atoms. The van der Waals surface area contributed by atoms with E-state index in [9.17, 15) is 4.79 Å². The minimum absolute atomic E-state index is 0.0320. The van der Waals surface area contributed by atoms with E-state index in [0.717, 1.165) is 48.0 Å². The zero-order valence-corrected chi connectivity index (χ0v) is 19.3. The molecule has 1 saturated heterocycles. The van der Waals surface area contributed by atoms with Gasteiger partial charge in [0.25, 0.3) is 0 Å². The number of amides is 1. The molecule has 4 aromatic rings. The van der Waals surface area contributed by atoms with E-state index in [1.54, 1.807) is 12.1 Å². The van der Waals surface area contributed by atoms with Crippen LogP contribution in [0, 0.1) is 5.92 Å². The van der Waals surface area contributed by atoms with E-state index in [-0.39, 0.29) is 5.91 Å². The van der Waals surface area contributed by atoms with Crippen molar-refractivity contribution in [3.8, 4) is 11.5 Å². The van der Waals surface area contributed by atoms with Crippen LogP contribution in [0.2, 0.25) is 10.0 Å². The summed E-state index contributed by atoms with van der Waals surface area (Å²) in [7, 11) is 0. The molecule has 33 heavy (non-hydrogen) atoms. The molecule has 2 heterocycles. The molecule has 0 atom stereocenters. The third-order valence-corrected chi connectivity index (χ3v) is 6.44. The molecule has 1 aliphatic rings. The molecule has 8 heteroatoms. The summed E-state index contributed by atoms with van der Waals surface area (Å²) in [6.45, 7) is 1.55. The van der Waals surface area contributed by atoms with Crippen LogP contribution in [0.4, 0.5) is 11.7 Å². The molecule has 168 valence electrons. The summed E-state index contributed by atoms with van der Waals surface area (Å²) >= 11 is 12.0. The third kappa shape index (κ3) is 5.13. The summed E-state index contributed by atoms with van der Waals surface area (Å²) in [6, 6.07) is 19.4. The molecular formula is C25H22Cl2N4O2. The standard InChI is InChI=1S/C25H22Cl2N4O2/c26-20-5-1-17(2-6-20)24-29-30-25(33-24)31-11-9-16(10-12-31)13-23(32)28-22-8-4-18-14-21(27)7-3-19(18)15-22/h1-8,14-16H,9-13H2,(H,28,32). The fraction of sp³-hybridized carbons (Fsp3) is 0.240. The molecule has 5 rings (SSSR count). The molecule has 1 amide bonds. The summed E-state index contributed by atoms with van der Waals surface area (Å²) in [5.74, 6) is 0.824. The second-order valence-electron chi connectivity index (χ2n) is 8.29. The van der Waals surface area contributed by atoms with Crippen LogP contribution >= 0.6 is 23.2 Å². The minimum atomic E-state index is 0.0320. The summed E-state index contributed by atoms with van der Waals surface area (Å²) < 4.78 is 5.86. The van der Waals surface area contributed by atoms with Gasteiger partial charge in [-0.1, -0.05) is 40.4 Å². The van der Waals surface area contributed by atoms with Gasteiger partial charge in [0.1, 0.15) is 0 Å². The summed E-state index contributed by atoms with van der Waals surface area (Å²) in [5.41, 5.74) is 1.63. The van der Waals surface area contributed by atoms with Gasteiger partial charge in [0.05, 0.1) is 0 Å². The van der Waals surface area contributed by atoms with Gasteiger partial charge in [-0.2, -0.15) is 0 Å². The summed E-state index contributed by atoms with van der Waals surface area (Å²) in [6.07, 6.45) is 2.27. The van der Waals surface area contributed by atoms with Crippen molar-refractivity contribution in [2.45, 2.75) is 19.3 Å². The molecule has 1 aliphatic heterocycles. The van der Waals surface area contributed by atoms with Crippen molar-refractivity contribution in [1.29, 1.82) is 0 Å². The van der Waals surface area contributed by atoms with Gasteiger partial charge >= 0.3 is 6.01 Å². The molecule has 1 fully saturated rings. The monoisotopic (exact) mass is 480 g/mol. The molecule has 0 aliphatic carbocycles. The van der Waals surface area contributed by atoms with E-state index in [1.807, 2.05) is 48.5 Å². The average Bonchev–Trinajstić information content (AvgIpc) is 3.30. The van der Waals surface area contributed by atoms with E-state index in [2.05, 4.69) is 20.4 Å². The second-order valence-corrected chi connectivity index (χ2v) is 9.16. The number of fused-ring (bicyclic) bond motifs is 1. The predicted molar refractivity (Wildman–Crippen MR) is 132 cm³/mol. The van der Waals surface area contributed by atoms with Crippen LogP contribution in [0.3, 0.4) is 0 Å². The highest BCUT2D eigenvalue weighted by molar-refractivity contribution is 6.31. The molecule has 6 nitrogen and oxygen atoms in total. The van der Waals surface area contributed by atoms with E-state index in [4.69, 9.17) is 27.6 Å². The van der Waals surface area contributed by atoms with Gasteiger partial charge in [0.2, 0.25) is 11.8 Å². The van der Waals surface area contributed by atoms with Crippen molar-refractivity contribution in [2.24, 2.45) is 5.92 Å². The number of carbonyl (C=O) groups excluding carboxylic acids is 1. The number of rotatable bonds is 5. The van der Waals surface area contributed by atoms with E-state index in [0.29, 0.717) is 34.3 Å². The molecule has 0 saturated carbocycles. The molecular weight excluding hydrogens is 459 g/mol. The number of nitrogens with zero attached hydrogens (tertiary/aromatic N) is 3. The lowest BCUT2D eigenvalue weighted by Gasteiger charge is -2.30. The Morgan fingerprint density at radius 2 is 1.64 bits per heavy atom. The number of anilines is 2. The van der Waals surface area contributed by atoms with Gasteiger partial charge < -0.3 is 14.6 Å². The number of halogens is 2. The van der Waals surface area contributed by atoms with Crippen molar-refractivity contribution in [2.75, 3.05) is 23.3 Å². The van der Waals surface area contributed by atoms with E-state index < -0.39 is 0 Å². The third-order valence-electron chi connectivity index (χ3n) is 5.95. The van der Waals surface area contributed by atoms with Crippen molar-refractivity contribution in [1.82, 2.24) is 10.2 Å². The van der Waals surface area contributed by atoms with Crippen LogP contribution < -0.4 is 10.2 Å². The van der Waals surface area contributed by atoms with Crippen LogP contribution in [0.5, 0.6) is 0 Å². The molecule has 0 spiro atoms. The summed E-state index contributed by atoms with van der Waals surface area (Å²) in [5, 5.41) is 14.8. The Balaban J connectivity index is 1.14. The van der Waals surface area contributed by atoms with Crippen LogP contribution in [-0.2, 0) is 4.79 Å². The van der Waals surface area contributed by atoms with Gasteiger partial charge in [-0.3, -0.25) is 4.79 Å². The quantitative estimate of drug-likeness (QED) is 0.355. The summed E-state index contributed by atoms with van der Waals surface area (Å²) in [4.78, 5) is 14.7. The first kappa shape index (κ1) is 21.7. The lowest BCUT2D eigenvalue weighted by atomic mass is 9.93. The first-order chi connectivity index (χ1) is 16.0. The number of hydrogen-bond donors (Lipinski definition) is 1. The Morgan fingerprint density at radius 3 is 2.42 bits per heavy atom. The maximum Gasteiger partial charge on any atom is 0.318 e. The Morgan fingerprint density at radius 1 is 0.939 bits per heavy atom.